The van der Waals surface area contributed by atoms with Crippen LogP contribution in [0.1, 0.15) is 25.7 Å². The van der Waals surface area contributed by atoms with Crippen LogP contribution in [-0.4, -0.2) is 23.3 Å². The first kappa shape index (κ1) is 5.69. The first-order valence-corrected chi connectivity index (χ1v) is 3.80. The summed E-state index contributed by atoms with van der Waals surface area (Å²) in [7, 11) is 0. The van der Waals surface area contributed by atoms with E-state index in [4.69, 9.17) is 5.11 Å². The summed E-state index contributed by atoms with van der Waals surface area (Å²) in [6.45, 7) is 0. The molecular weight excluding hydrogens is 114 g/mol. The van der Waals surface area contributed by atoms with Gasteiger partial charge in [-0.1, -0.05) is 0 Å². The zero-order valence-corrected chi connectivity index (χ0v) is 5.51. The van der Waals surface area contributed by atoms with E-state index in [1.165, 1.54) is 19.3 Å². The molecule has 2 nitrogen and oxygen atoms in total. The standard InChI is InChI=1S/C7H13NO/c9-7-4-3-6(7)8-5-1-2-5/h5-9H,1-4H2/t6-,7-/m1/s1. The van der Waals surface area contributed by atoms with Crippen LogP contribution in [-0.2, 0) is 0 Å². The van der Waals surface area contributed by atoms with E-state index in [-0.39, 0.29) is 6.10 Å². The van der Waals surface area contributed by atoms with Crippen LogP contribution >= 0.6 is 0 Å². The van der Waals surface area contributed by atoms with Gasteiger partial charge in [0.05, 0.1) is 6.10 Å². The SMILES string of the molecule is O[C@@H]1CC[C@H]1NC1CC1. The van der Waals surface area contributed by atoms with Gasteiger partial charge >= 0.3 is 0 Å². The Morgan fingerprint density at radius 3 is 2.22 bits per heavy atom. The van der Waals surface area contributed by atoms with Gasteiger partial charge in [0, 0.05) is 12.1 Å². The van der Waals surface area contributed by atoms with Crippen molar-refractivity contribution in [2.75, 3.05) is 0 Å². The van der Waals surface area contributed by atoms with E-state index in [1.54, 1.807) is 0 Å². The van der Waals surface area contributed by atoms with Gasteiger partial charge in [0.15, 0.2) is 0 Å². The van der Waals surface area contributed by atoms with Crippen LogP contribution < -0.4 is 5.32 Å². The van der Waals surface area contributed by atoms with Crippen molar-refractivity contribution in [3.05, 3.63) is 0 Å². The van der Waals surface area contributed by atoms with Crippen molar-refractivity contribution >= 4 is 0 Å². The Morgan fingerprint density at radius 1 is 1.11 bits per heavy atom. The van der Waals surface area contributed by atoms with Gasteiger partial charge in [-0.05, 0) is 25.7 Å². The quantitative estimate of drug-likeness (QED) is 0.557. The Kier molecular flexibility index (Phi) is 1.24. The topological polar surface area (TPSA) is 32.3 Å². The number of rotatable bonds is 2. The fourth-order valence-electron chi connectivity index (χ4n) is 1.23. The molecule has 0 saturated heterocycles. The zero-order valence-electron chi connectivity index (χ0n) is 5.51. The molecule has 0 radical (unpaired) electrons. The van der Waals surface area contributed by atoms with Crippen molar-refractivity contribution in [1.29, 1.82) is 0 Å². The summed E-state index contributed by atoms with van der Waals surface area (Å²) < 4.78 is 0. The Morgan fingerprint density at radius 2 is 1.89 bits per heavy atom. The molecule has 0 aromatic rings. The summed E-state index contributed by atoms with van der Waals surface area (Å²) in [6.07, 6.45) is 4.79. The largest absolute Gasteiger partial charge is 0.392 e. The Bertz CT molecular complexity index is 111. The Labute approximate surface area is 55.3 Å². The molecule has 0 heterocycles. The van der Waals surface area contributed by atoms with E-state index < -0.39 is 0 Å². The highest BCUT2D eigenvalue weighted by Crippen LogP contribution is 2.26. The van der Waals surface area contributed by atoms with Gasteiger partial charge < -0.3 is 10.4 Å². The number of hydrogen-bond donors (Lipinski definition) is 2. The minimum absolute atomic E-state index is 0.0365. The third kappa shape index (κ3) is 1.10. The first-order chi connectivity index (χ1) is 4.36. The fraction of sp³-hybridized carbons (Fsp3) is 1.00. The molecule has 2 aliphatic carbocycles. The Balaban J connectivity index is 1.72. The number of aliphatic hydroxyl groups excluding tert-OH is 1. The van der Waals surface area contributed by atoms with Gasteiger partial charge in [-0.25, -0.2) is 0 Å². The molecule has 0 amide bonds. The molecule has 2 heteroatoms. The number of aliphatic hydroxyl groups is 1. The monoisotopic (exact) mass is 127 g/mol. The summed E-state index contributed by atoms with van der Waals surface area (Å²) in [5.41, 5.74) is 0. The van der Waals surface area contributed by atoms with Crippen molar-refractivity contribution in [1.82, 2.24) is 5.32 Å². The predicted octanol–water partition coefficient (Wildman–Crippen LogP) is 0.262. The predicted molar refractivity (Wildman–Crippen MR) is 35.2 cm³/mol. The number of nitrogens with one attached hydrogen (secondary N) is 1. The van der Waals surface area contributed by atoms with Crippen LogP contribution in [0.25, 0.3) is 0 Å². The van der Waals surface area contributed by atoms with Crippen molar-refractivity contribution in [2.24, 2.45) is 0 Å². The van der Waals surface area contributed by atoms with Gasteiger partial charge in [-0.3, -0.25) is 0 Å². The lowest BCUT2D eigenvalue weighted by Crippen LogP contribution is -2.48. The molecule has 0 spiro atoms. The molecule has 2 fully saturated rings. The van der Waals surface area contributed by atoms with E-state index in [2.05, 4.69) is 5.32 Å². The molecule has 2 rings (SSSR count). The van der Waals surface area contributed by atoms with E-state index in [0.717, 1.165) is 12.5 Å². The third-order valence-corrected chi connectivity index (χ3v) is 2.27. The lowest BCUT2D eigenvalue weighted by atomic mass is 9.89. The third-order valence-electron chi connectivity index (χ3n) is 2.27. The van der Waals surface area contributed by atoms with Gasteiger partial charge in [-0.2, -0.15) is 0 Å². The molecule has 0 bridgehead atoms. The molecule has 9 heavy (non-hydrogen) atoms. The molecular formula is C7H13NO. The first-order valence-electron chi connectivity index (χ1n) is 3.80. The summed E-state index contributed by atoms with van der Waals surface area (Å²) in [6, 6.07) is 1.20. The average molecular weight is 127 g/mol. The summed E-state index contributed by atoms with van der Waals surface area (Å²) in [5, 5.41) is 12.5. The smallest absolute Gasteiger partial charge is 0.0693 e. The maximum atomic E-state index is 9.12. The van der Waals surface area contributed by atoms with Crippen molar-refractivity contribution < 1.29 is 5.11 Å². The van der Waals surface area contributed by atoms with Crippen molar-refractivity contribution in [3.63, 3.8) is 0 Å². The molecule has 52 valence electrons. The molecule has 0 aromatic heterocycles. The van der Waals surface area contributed by atoms with Gasteiger partial charge in [0.25, 0.3) is 0 Å². The van der Waals surface area contributed by atoms with E-state index in [0.29, 0.717) is 6.04 Å². The minimum atomic E-state index is -0.0365. The average Bonchev–Trinajstić information content (AvgIpc) is 2.62. The highest BCUT2D eigenvalue weighted by Gasteiger charge is 2.33. The number of hydrogen-bond acceptors (Lipinski definition) is 2. The van der Waals surface area contributed by atoms with Gasteiger partial charge in [0.1, 0.15) is 0 Å². The lowest BCUT2D eigenvalue weighted by Gasteiger charge is -2.33. The van der Waals surface area contributed by atoms with E-state index in [9.17, 15) is 0 Å². The second-order valence-electron chi connectivity index (χ2n) is 3.19. The Hall–Kier alpha value is -0.0800. The van der Waals surface area contributed by atoms with Gasteiger partial charge in [-0.15, -0.1) is 0 Å². The van der Waals surface area contributed by atoms with Crippen molar-refractivity contribution in [3.8, 4) is 0 Å². The van der Waals surface area contributed by atoms with Crippen LogP contribution in [0.2, 0.25) is 0 Å². The highest BCUT2D eigenvalue weighted by molar-refractivity contribution is 4.93. The molecule has 2 N–H and O–H groups in total. The van der Waals surface area contributed by atoms with E-state index in [1.807, 2.05) is 0 Å². The molecule has 2 atom stereocenters. The van der Waals surface area contributed by atoms with Crippen LogP contribution in [0.4, 0.5) is 0 Å². The maximum Gasteiger partial charge on any atom is 0.0693 e. The van der Waals surface area contributed by atoms with Crippen molar-refractivity contribution in [2.45, 2.75) is 43.9 Å². The minimum Gasteiger partial charge on any atom is -0.392 e. The zero-order chi connectivity index (χ0) is 6.27. The second kappa shape index (κ2) is 1.96. The summed E-state index contributed by atoms with van der Waals surface area (Å²) >= 11 is 0. The highest BCUT2D eigenvalue weighted by atomic mass is 16.3. The molecule has 2 saturated carbocycles. The maximum absolute atomic E-state index is 9.12. The van der Waals surface area contributed by atoms with Gasteiger partial charge in [0.2, 0.25) is 0 Å². The molecule has 0 aromatic carbocycles. The van der Waals surface area contributed by atoms with Crippen LogP contribution in [0, 0.1) is 0 Å². The normalized spacial score (nSPS) is 42.3. The lowest BCUT2D eigenvalue weighted by molar-refractivity contribution is 0.0492. The van der Waals surface area contributed by atoms with E-state index >= 15 is 0 Å². The summed E-state index contributed by atoms with van der Waals surface area (Å²) in [4.78, 5) is 0. The second-order valence-corrected chi connectivity index (χ2v) is 3.19. The summed E-state index contributed by atoms with van der Waals surface area (Å²) in [5.74, 6) is 0. The molecule has 0 unspecified atom stereocenters. The molecule has 2 aliphatic rings. The van der Waals surface area contributed by atoms with Crippen LogP contribution in [0.15, 0.2) is 0 Å². The fourth-order valence-corrected chi connectivity index (χ4v) is 1.23. The molecule has 0 aliphatic heterocycles. The van der Waals surface area contributed by atoms with Crippen LogP contribution in [0.5, 0.6) is 0 Å². The van der Waals surface area contributed by atoms with Crippen LogP contribution in [0.3, 0.4) is 0 Å².